The summed E-state index contributed by atoms with van der Waals surface area (Å²) in [6, 6.07) is 25.9. The summed E-state index contributed by atoms with van der Waals surface area (Å²) in [6.07, 6.45) is 1.32. The lowest BCUT2D eigenvalue weighted by atomic mass is 9.88. The molecule has 0 amide bonds. The maximum atomic E-state index is 11.3. The first-order chi connectivity index (χ1) is 17.0. The lowest BCUT2D eigenvalue weighted by Crippen LogP contribution is -2.31. The topological polar surface area (TPSA) is 67.8 Å². The van der Waals surface area contributed by atoms with Crippen molar-refractivity contribution >= 4 is 17.1 Å². The monoisotopic (exact) mass is 473 g/mol. The SMILES string of the molecule is CCCNCC(O)COc1ccc(C(=C(CC)c2ccccc2)c2ccc(OC(C)=O)cc2)cc1. The molecule has 0 aromatic heterocycles. The third-order valence-electron chi connectivity index (χ3n) is 5.57. The molecule has 3 rings (SSSR count). The highest BCUT2D eigenvalue weighted by Crippen LogP contribution is 2.35. The van der Waals surface area contributed by atoms with Crippen LogP contribution in [0.5, 0.6) is 11.5 Å². The number of nitrogens with one attached hydrogen (secondary N) is 1. The van der Waals surface area contributed by atoms with Crippen molar-refractivity contribution in [3.63, 3.8) is 0 Å². The third kappa shape index (κ3) is 7.81. The summed E-state index contributed by atoms with van der Waals surface area (Å²) < 4.78 is 11.0. The number of aliphatic hydroxyl groups excluding tert-OH is 1. The van der Waals surface area contributed by atoms with Crippen molar-refractivity contribution in [2.45, 2.75) is 39.7 Å². The van der Waals surface area contributed by atoms with Gasteiger partial charge in [0.05, 0.1) is 0 Å². The van der Waals surface area contributed by atoms with Gasteiger partial charge in [-0.15, -0.1) is 0 Å². The Morgan fingerprint density at radius 3 is 2.00 bits per heavy atom. The molecule has 0 aliphatic carbocycles. The van der Waals surface area contributed by atoms with Gasteiger partial charge in [-0.25, -0.2) is 0 Å². The summed E-state index contributed by atoms with van der Waals surface area (Å²) >= 11 is 0. The van der Waals surface area contributed by atoms with Crippen LogP contribution in [0.3, 0.4) is 0 Å². The van der Waals surface area contributed by atoms with Crippen molar-refractivity contribution in [3.05, 3.63) is 95.6 Å². The average molecular weight is 474 g/mol. The fourth-order valence-corrected chi connectivity index (χ4v) is 3.95. The Kier molecular flexibility index (Phi) is 10.1. The van der Waals surface area contributed by atoms with Gasteiger partial charge in [-0.3, -0.25) is 4.79 Å². The van der Waals surface area contributed by atoms with E-state index in [1.807, 2.05) is 66.7 Å². The summed E-state index contributed by atoms with van der Waals surface area (Å²) in [5.41, 5.74) is 5.59. The minimum atomic E-state index is -0.558. The zero-order chi connectivity index (χ0) is 25.0. The molecule has 2 N–H and O–H groups in total. The summed E-state index contributed by atoms with van der Waals surface area (Å²) in [5, 5.41) is 13.3. The molecule has 184 valence electrons. The van der Waals surface area contributed by atoms with Crippen LogP contribution in [0.25, 0.3) is 11.1 Å². The van der Waals surface area contributed by atoms with E-state index in [0.29, 0.717) is 18.0 Å². The quantitative estimate of drug-likeness (QED) is 0.152. The number of carbonyl (C=O) groups is 1. The number of hydrogen-bond donors (Lipinski definition) is 2. The summed E-state index contributed by atoms with van der Waals surface area (Å²) in [7, 11) is 0. The minimum Gasteiger partial charge on any atom is -0.491 e. The number of hydrogen-bond acceptors (Lipinski definition) is 5. The molecule has 0 bridgehead atoms. The lowest BCUT2D eigenvalue weighted by molar-refractivity contribution is -0.131. The largest absolute Gasteiger partial charge is 0.491 e. The summed E-state index contributed by atoms with van der Waals surface area (Å²) in [4.78, 5) is 11.3. The molecule has 3 aromatic carbocycles. The lowest BCUT2D eigenvalue weighted by Gasteiger charge is -2.17. The van der Waals surface area contributed by atoms with Crippen LogP contribution in [-0.2, 0) is 4.79 Å². The number of esters is 1. The maximum absolute atomic E-state index is 11.3. The molecule has 5 nitrogen and oxygen atoms in total. The zero-order valence-corrected chi connectivity index (χ0v) is 20.8. The molecule has 35 heavy (non-hydrogen) atoms. The van der Waals surface area contributed by atoms with Crippen molar-refractivity contribution in [2.24, 2.45) is 0 Å². The normalized spacial score (nSPS) is 12.6. The first-order valence-electron chi connectivity index (χ1n) is 12.2. The molecule has 1 atom stereocenters. The van der Waals surface area contributed by atoms with Crippen molar-refractivity contribution in [1.82, 2.24) is 5.32 Å². The van der Waals surface area contributed by atoms with E-state index in [9.17, 15) is 9.90 Å². The first-order valence-corrected chi connectivity index (χ1v) is 12.2. The Bertz CT molecular complexity index is 1090. The molecular formula is C30H35NO4. The summed E-state index contributed by atoms with van der Waals surface area (Å²) in [6.45, 7) is 7.27. The van der Waals surface area contributed by atoms with Gasteiger partial charge in [-0.1, -0.05) is 68.4 Å². The molecular weight excluding hydrogens is 438 g/mol. The van der Waals surface area contributed by atoms with Crippen molar-refractivity contribution < 1.29 is 19.4 Å². The van der Waals surface area contributed by atoms with Crippen LogP contribution >= 0.6 is 0 Å². The summed E-state index contributed by atoms with van der Waals surface area (Å²) in [5.74, 6) is 0.897. The Hall–Kier alpha value is -3.41. The second-order valence-corrected chi connectivity index (χ2v) is 8.38. The van der Waals surface area contributed by atoms with E-state index >= 15 is 0 Å². The standard InChI is InChI=1S/C30H35NO4/c1-4-19-31-20-26(33)21-34-27-15-11-24(12-16-27)30(29(5-2)23-9-7-6-8-10-23)25-13-17-28(18-14-25)35-22(3)32/h6-18,26,31,33H,4-5,19-21H2,1-3H3. The number of ether oxygens (including phenoxy) is 2. The second-order valence-electron chi connectivity index (χ2n) is 8.38. The Morgan fingerprint density at radius 1 is 0.857 bits per heavy atom. The van der Waals surface area contributed by atoms with Crippen LogP contribution in [0.4, 0.5) is 0 Å². The van der Waals surface area contributed by atoms with Gasteiger partial charge < -0.3 is 19.9 Å². The van der Waals surface area contributed by atoms with Crippen LogP contribution < -0.4 is 14.8 Å². The van der Waals surface area contributed by atoms with E-state index in [1.54, 1.807) is 0 Å². The van der Waals surface area contributed by atoms with E-state index in [4.69, 9.17) is 9.47 Å². The van der Waals surface area contributed by atoms with Crippen LogP contribution in [0.1, 0.15) is 50.3 Å². The first kappa shape index (κ1) is 26.2. The van der Waals surface area contributed by atoms with Gasteiger partial charge >= 0.3 is 5.97 Å². The van der Waals surface area contributed by atoms with E-state index in [1.165, 1.54) is 12.5 Å². The molecule has 0 aliphatic heterocycles. The predicted molar refractivity (Wildman–Crippen MR) is 142 cm³/mol. The molecule has 0 fully saturated rings. The smallest absolute Gasteiger partial charge is 0.308 e. The van der Waals surface area contributed by atoms with Crippen molar-refractivity contribution in [3.8, 4) is 11.5 Å². The Balaban J connectivity index is 1.90. The van der Waals surface area contributed by atoms with Gasteiger partial charge in [-0.2, -0.15) is 0 Å². The van der Waals surface area contributed by atoms with Gasteiger partial charge in [-0.05, 0) is 71.5 Å². The Labute approximate surface area is 208 Å². The van der Waals surface area contributed by atoms with Crippen molar-refractivity contribution in [1.29, 1.82) is 0 Å². The van der Waals surface area contributed by atoms with Gasteiger partial charge in [0, 0.05) is 13.5 Å². The number of benzene rings is 3. The highest BCUT2D eigenvalue weighted by Gasteiger charge is 2.14. The average Bonchev–Trinajstić information content (AvgIpc) is 2.87. The Morgan fingerprint density at radius 2 is 1.46 bits per heavy atom. The molecule has 5 heteroatoms. The fraction of sp³-hybridized carbons (Fsp3) is 0.300. The molecule has 0 saturated carbocycles. The molecule has 0 aliphatic rings. The third-order valence-corrected chi connectivity index (χ3v) is 5.57. The van der Waals surface area contributed by atoms with Gasteiger partial charge in [0.25, 0.3) is 0 Å². The van der Waals surface area contributed by atoms with Gasteiger partial charge in [0.15, 0.2) is 0 Å². The van der Waals surface area contributed by atoms with Gasteiger partial charge in [0.1, 0.15) is 24.2 Å². The van der Waals surface area contributed by atoms with Crippen LogP contribution in [0.2, 0.25) is 0 Å². The molecule has 0 heterocycles. The highest BCUT2D eigenvalue weighted by atomic mass is 16.5. The second kappa shape index (κ2) is 13.5. The number of aliphatic hydroxyl groups is 1. The number of allylic oxidation sites excluding steroid dienone is 1. The van der Waals surface area contributed by atoms with Crippen LogP contribution in [0, 0.1) is 0 Å². The number of rotatable bonds is 12. The predicted octanol–water partition coefficient (Wildman–Crippen LogP) is 5.72. The van der Waals surface area contributed by atoms with E-state index in [0.717, 1.165) is 41.6 Å². The molecule has 1 unspecified atom stereocenters. The van der Waals surface area contributed by atoms with Gasteiger partial charge in [0.2, 0.25) is 0 Å². The van der Waals surface area contributed by atoms with Crippen molar-refractivity contribution in [2.75, 3.05) is 19.7 Å². The zero-order valence-electron chi connectivity index (χ0n) is 20.8. The van der Waals surface area contributed by atoms with E-state index < -0.39 is 6.10 Å². The van der Waals surface area contributed by atoms with Crippen LogP contribution in [0.15, 0.2) is 78.9 Å². The van der Waals surface area contributed by atoms with E-state index in [2.05, 4.69) is 31.3 Å². The highest BCUT2D eigenvalue weighted by molar-refractivity contribution is 5.98. The maximum Gasteiger partial charge on any atom is 0.308 e. The molecule has 0 radical (unpaired) electrons. The minimum absolute atomic E-state index is 0.237. The molecule has 3 aromatic rings. The molecule has 0 spiro atoms. The number of carbonyl (C=O) groups excluding carboxylic acids is 1. The van der Waals surface area contributed by atoms with E-state index in [-0.39, 0.29) is 12.6 Å². The fourth-order valence-electron chi connectivity index (χ4n) is 3.95. The molecule has 0 saturated heterocycles. The van der Waals surface area contributed by atoms with Crippen LogP contribution in [-0.4, -0.2) is 36.9 Å².